The highest BCUT2D eigenvalue weighted by atomic mass is 32.1. The number of allylic oxidation sites excluding steroid dienone is 2. The largest absolute Gasteiger partial charge is 0.482 e. The van der Waals surface area contributed by atoms with Crippen molar-refractivity contribution in [3.63, 3.8) is 0 Å². The number of hydrogen-bond acceptors (Lipinski definition) is 5. The molecule has 0 saturated heterocycles. The number of nitrogens with one attached hydrogen (secondary N) is 1. The fourth-order valence-electron chi connectivity index (χ4n) is 3.28. The molecule has 1 aliphatic heterocycles. The van der Waals surface area contributed by atoms with Gasteiger partial charge in [0.1, 0.15) is 5.75 Å². The Balaban J connectivity index is 1.74. The molecule has 0 fully saturated rings. The van der Waals surface area contributed by atoms with Crippen molar-refractivity contribution in [2.24, 2.45) is 16.0 Å². The molecule has 1 N–H and O–H groups in total. The van der Waals surface area contributed by atoms with Crippen LogP contribution in [-0.2, 0) is 4.79 Å². The Morgan fingerprint density at radius 3 is 3.04 bits per heavy atom. The van der Waals surface area contributed by atoms with E-state index in [1.165, 1.54) is 0 Å². The number of hydrogen-bond donors (Lipinski definition) is 1. The minimum atomic E-state index is -0.137. The Morgan fingerprint density at radius 2 is 2.25 bits per heavy atom. The van der Waals surface area contributed by atoms with Gasteiger partial charge < -0.3 is 10.1 Å². The molecule has 0 spiro atoms. The molecule has 146 valence electrons. The molecule has 2 aliphatic rings. The highest BCUT2D eigenvalue weighted by Crippen LogP contribution is 2.33. The molecular weight excluding hydrogens is 372 g/mol. The van der Waals surface area contributed by atoms with Crippen LogP contribution < -0.4 is 14.9 Å². The van der Waals surface area contributed by atoms with Crippen LogP contribution in [0.25, 0.3) is 11.3 Å². The molecule has 1 atom stereocenters. The van der Waals surface area contributed by atoms with Crippen molar-refractivity contribution in [2.45, 2.75) is 39.2 Å². The van der Waals surface area contributed by atoms with Crippen LogP contribution in [0.3, 0.4) is 0 Å². The molecule has 1 aliphatic carbocycles. The van der Waals surface area contributed by atoms with Gasteiger partial charge in [0.05, 0.1) is 11.4 Å². The molecule has 6 nitrogen and oxygen atoms in total. The maximum atomic E-state index is 11.7. The van der Waals surface area contributed by atoms with Gasteiger partial charge in [-0.05, 0) is 57.2 Å². The first-order valence-electron chi connectivity index (χ1n) is 9.61. The zero-order valence-corrected chi connectivity index (χ0v) is 16.9. The van der Waals surface area contributed by atoms with Crippen LogP contribution in [0.15, 0.2) is 45.8 Å². The number of benzene rings is 1. The van der Waals surface area contributed by atoms with Crippen LogP contribution in [0.5, 0.6) is 5.75 Å². The Kier molecular flexibility index (Phi) is 5.43. The first-order valence-corrected chi connectivity index (χ1v) is 10.5. The van der Waals surface area contributed by atoms with E-state index in [2.05, 4.69) is 36.7 Å². The number of nitrogens with zero attached hydrogens (tertiary/aromatic N) is 3. The van der Waals surface area contributed by atoms with Crippen molar-refractivity contribution < 1.29 is 9.53 Å². The van der Waals surface area contributed by atoms with Gasteiger partial charge in [0.25, 0.3) is 5.91 Å². The van der Waals surface area contributed by atoms with Gasteiger partial charge in [0, 0.05) is 23.2 Å². The van der Waals surface area contributed by atoms with Crippen LogP contribution in [0.2, 0.25) is 0 Å². The van der Waals surface area contributed by atoms with Gasteiger partial charge in [-0.1, -0.05) is 12.2 Å². The summed E-state index contributed by atoms with van der Waals surface area (Å²) in [6.45, 7) is 4.18. The highest BCUT2D eigenvalue weighted by Gasteiger charge is 2.18. The first-order chi connectivity index (χ1) is 13.6. The second-order valence-electron chi connectivity index (χ2n) is 7.30. The fourth-order valence-corrected chi connectivity index (χ4v) is 4.25. The van der Waals surface area contributed by atoms with Gasteiger partial charge in [0.15, 0.2) is 6.61 Å². The summed E-state index contributed by atoms with van der Waals surface area (Å²) >= 11 is 1.57. The Morgan fingerprint density at radius 1 is 1.36 bits per heavy atom. The molecule has 4 rings (SSSR count). The van der Waals surface area contributed by atoms with Crippen LogP contribution >= 0.6 is 11.3 Å². The number of aromatic nitrogens is 1. The lowest BCUT2D eigenvalue weighted by molar-refractivity contribution is -0.118. The smallest absolute Gasteiger partial charge is 0.262 e. The van der Waals surface area contributed by atoms with Crippen molar-refractivity contribution in [3.8, 4) is 17.0 Å². The summed E-state index contributed by atoms with van der Waals surface area (Å²) in [4.78, 5) is 17.3. The topological polar surface area (TPSA) is 68.0 Å². The minimum absolute atomic E-state index is 0.0579. The van der Waals surface area contributed by atoms with Crippen LogP contribution in [0.4, 0.5) is 5.69 Å². The first kappa shape index (κ1) is 18.7. The maximum Gasteiger partial charge on any atom is 0.262 e. The second-order valence-corrected chi connectivity index (χ2v) is 8.13. The van der Waals surface area contributed by atoms with E-state index < -0.39 is 0 Å². The second kappa shape index (κ2) is 8.14. The molecule has 28 heavy (non-hydrogen) atoms. The molecule has 1 aromatic heterocycles. The summed E-state index contributed by atoms with van der Waals surface area (Å²) in [5, 5.41) is 9.74. The van der Waals surface area contributed by atoms with Gasteiger partial charge in [-0.3, -0.25) is 9.79 Å². The Bertz CT molecular complexity index is 1000. The molecule has 1 unspecified atom stereocenters. The minimum Gasteiger partial charge on any atom is -0.482 e. The zero-order valence-electron chi connectivity index (χ0n) is 16.1. The van der Waals surface area contributed by atoms with Crippen LogP contribution in [0, 0.1) is 5.92 Å². The van der Waals surface area contributed by atoms with E-state index >= 15 is 0 Å². The predicted molar refractivity (Wildman–Crippen MR) is 113 cm³/mol. The Hall–Kier alpha value is -2.67. The number of anilines is 1. The van der Waals surface area contributed by atoms with Crippen molar-refractivity contribution in [1.29, 1.82) is 0 Å². The molecule has 0 bridgehead atoms. The monoisotopic (exact) mass is 396 g/mol. The number of amides is 1. The van der Waals surface area contributed by atoms with E-state index in [0.29, 0.717) is 17.4 Å². The molecule has 1 amide bonds. The number of thiazole rings is 1. The summed E-state index contributed by atoms with van der Waals surface area (Å²) in [6.07, 6.45) is 9.76. The number of rotatable bonds is 4. The van der Waals surface area contributed by atoms with Gasteiger partial charge >= 0.3 is 0 Å². The van der Waals surface area contributed by atoms with Gasteiger partial charge in [0.2, 0.25) is 4.80 Å². The average Bonchev–Trinajstić information content (AvgIpc) is 3.08. The number of fused-ring (bicyclic) bond motifs is 1. The fraction of sp³-hybridized carbons (Fsp3) is 0.381. The lowest BCUT2D eigenvalue weighted by Gasteiger charge is -2.18. The van der Waals surface area contributed by atoms with Crippen molar-refractivity contribution in [1.82, 2.24) is 4.68 Å². The van der Waals surface area contributed by atoms with E-state index in [9.17, 15) is 4.79 Å². The molecule has 0 radical (unpaired) electrons. The van der Waals surface area contributed by atoms with Crippen molar-refractivity contribution >= 4 is 29.1 Å². The molecule has 2 heterocycles. The van der Waals surface area contributed by atoms with E-state index in [1.807, 2.05) is 29.1 Å². The van der Waals surface area contributed by atoms with E-state index in [-0.39, 0.29) is 18.6 Å². The SMILES string of the molecule is CC(C)N=c1scc(-c2ccc3c(c2)NC(=O)CO3)n1N=CC1CC=CCC1. The van der Waals surface area contributed by atoms with Crippen molar-refractivity contribution in [2.75, 3.05) is 11.9 Å². The standard InChI is InChI=1S/C21H24N4O2S/c1-14(2)23-21-25(22-11-15-6-4-3-5-7-15)18(13-28-21)16-8-9-19-17(10-16)24-20(26)12-27-19/h3-4,8-11,13-15H,5-7,12H2,1-2H3,(H,24,26). The molecule has 2 aromatic rings. The lowest BCUT2D eigenvalue weighted by Crippen LogP contribution is -2.25. The van der Waals surface area contributed by atoms with E-state index in [1.54, 1.807) is 11.3 Å². The van der Waals surface area contributed by atoms with Gasteiger partial charge in [-0.2, -0.15) is 5.10 Å². The zero-order chi connectivity index (χ0) is 19.5. The number of carbonyl (C=O) groups excluding carboxylic acids is 1. The van der Waals surface area contributed by atoms with E-state index in [0.717, 1.165) is 35.3 Å². The van der Waals surface area contributed by atoms with Gasteiger partial charge in [-0.15, -0.1) is 11.3 Å². The third-order valence-corrected chi connectivity index (χ3v) is 5.50. The average molecular weight is 397 g/mol. The highest BCUT2D eigenvalue weighted by molar-refractivity contribution is 7.07. The van der Waals surface area contributed by atoms with Gasteiger partial charge in [-0.25, -0.2) is 4.68 Å². The normalized spacial score (nSPS) is 19.8. The lowest BCUT2D eigenvalue weighted by atomic mass is 9.96. The molecule has 7 heteroatoms. The Labute approximate surface area is 168 Å². The summed E-state index contributed by atoms with van der Waals surface area (Å²) in [5.74, 6) is 1.00. The molecular formula is C21H24N4O2S. The summed E-state index contributed by atoms with van der Waals surface area (Å²) in [6, 6.07) is 6.00. The molecule has 1 aromatic carbocycles. The predicted octanol–water partition coefficient (Wildman–Crippen LogP) is 4.05. The quantitative estimate of drug-likeness (QED) is 0.626. The van der Waals surface area contributed by atoms with Crippen LogP contribution in [-0.4, -0.2) is 29.4 Å². The molecule has 0 saturated carbocycles. The summed E-state index contributed by atoms with van der Waals surface area (Å²) < 4.78 is 7.38. The number of ether oxygens (including phenoxy) is 1. The van der Waals surface area contributed by atoms with Crippen molar-refractivity contribution in [3.05, 3.63) is 40.5 Å². The third-order valence-electron chi connectivity index (χ3n) is 4.66. The summed E-state index contributed by atoms with van der Waals surface area (Å²) in [7, 11) is 0. The maximum absolute atomic E-state index is 11.7. The third kappa shape index (κ3) is 4.09. The van der Waals surface area contributed by atoms with E-state index in [4.69, 9.17) is 14.8 Å². The van der Waals surface area contributed by atoms with Crippen LogP contribution in [0.1, 0.15) is 33.1 Å². The number of carbonyl (C=O) groups is 1. The summed E-state index contributed by atoms with van der Waals surface area (Å²) in [5.41, 5.74) is 2.61.